The largest absolute Gasteiger partial charge is 0.478 e. The zero-order valence-electron chi connectivity index (χ0n) is 10.7. The van der Waals surface area contributed by atoms with E-state index in [4.69, 9.17) is 16.7 Å². The summed E-state index contributed by atoms with van der Waals surface area (Å²) in [6.07, 6.45) is 2.17. The lowest BCUT2D eigenvalue weighted by Crippen LogP contribution is -2.14. The number of hydrogen-bond donors (Lipinski definition) is 2. The molecule has 0 aliphatic rings. The third-order valence-corrected chi connectivity index (χ3v) is 2.88. The maximum Gasteiger partial charge on any atom is 0.335 e. The number of carboxylic acids is 1. The van der Waals surface area contributed by atoms with E-state index in [-0.39, 0.29) is 5.56 Å². The van der Waals surface area contributed by atoms with Crippen LogP contribution >= 0.6 is 11.6 Å². The van der Waals surface area contributed by atoms with E-state index in [1.165, 1.54) is 6.07 Å². The highest BCUT2D eigenvalue weighted by Crippen LogP contribution is 2.23. The molecular weight excluding hydrogens is 252 g/mol. The maximum absolute atomic E-state index is 10.7. The highest BCUT2D eigenvalue weighted by Gasteiger charge is 2.06. The zero-order chi connectivity index (χ0) is 13.5. The van der Waals surface area contributed by atoms with Gasteiger partial charge in [0.2, 0.25) is 0 Å². The minimum atomic E-state index is -0.963. The van der Waals surface area contributed by atoms with Gasteiger partial charge in [-0.2, -0.15) is 0 Å². The van der Waals surface area contributed by atoms with Gasteiger partial charge in [-0.25, -0.2) is 4.79 Å². The second-order valence-corrected chi connectivity index (χ2v) is 4.84. The molecule has 0 aromatic heterocycles. The van der Waals surface area contributed by atoms with Gasteiger partial charge in [-0.3, -0.25) is 0 Å². The van der Waals surface area contributed by atoms with Gasteiger partial charge in [0.15, 0.2) is 0 Å². The van der Waals surface area contributed by atoms with Crippen LogP contribution < -0.4 is 5.32 Å². The van der Waals surface area contributed by atoms with E-state index in [0.717, 1.165) is 31.6 Å². The number of nitrogens with one attached hydrogen (secondary N) is 1. The molecule has 1 aromatic rings. The molecule has 0 aliphatic carbocycles. The van der Waals surface area contributed by atoms with Crippen LogP contribution in [0, 0.1) is 0 Å². The topological polar surface area (TPSA) is 52.6 Å². The molecule has 0 bridgehead atoms. The van der Waals surface area contributed by atoms with Gasteiger partial charge in [0.25, 0.3) is 0 Å². The lowest BCUT2D eigenvalue weighted by molar-refractivity contribution is 0.0697. The summed E-state index contributed by atoms with van der Waals surface area (Å²) < 4.78 is 0. The van der Waals surface area contributed by atoms with Crippen molar-refractivity contribution in [3.05, 3.63) is 28.8 Å². The van der Waals surface area contributed by atoms with Crippen molar-refractivity contribution in [1.82, 2.24) is 4.90 Å². The molecular formula is C13H19ClN2O2. The third kappa shape index (κ3) is 4.94. The average Bonchev–Trinajstić information content (AvgIpc) is 2.29. The molecule has 0 unspecified atom stereocenters. The fraction of sp³-hybridized carbons (Fsp3) is 0.462. The van der Waals surface area contributed by atoms with E-state index in [1.54, 1.807) is 12.1 Å². The summed E-state index contributed by atoms with van der Waals surface area (Å²) in [4.78, 5) is 12.9. The molecule has 2 N–H and O–H groups in total. The highest BCUT2D eigenvalue weighted by atomic mass is 35.5. The van der Waals surface area contributed by atoms with E-state index in [9.17, 15) is 4.79 Å². The second kappa shape index (κ2) is 7.24. The molecule has 0 aliphatic heterocycles. The predicted octanol–water partition coefficient (Wildman–Crippen LogP) is 2.79. The summed E-state index contributed by atoms with van der Waals surface area (Å²) in [6.45, 7) is 1.90. The SMILES string of the molecule is CN(C)CCCCNc1ccc(C(=O)O)cc1Cl. The monoisotopic (exact) mass is 270 g/mol. The minimum Gasteiger partial charge on any atom is -0.478 e. The van der Waals surface area contributed by atoms with Crippen LogP contribution in [0.5, 0.6) is 0 Å². The lowest BCUT2D eigenvalue weighted by Gasteiger charge is -2.11. The standard InChI is InChI=1S/C13H19ClN2O2/c1-16(2)8-4-3-7-15-12-6-5-10(13(17)18)9-11(12)14/h5-6,9,15H,3-4,7-8H2,1-2H3,(H,17,18). The van der Waals surface area contributed by atoms with Crippen LogP contribution in [0.1, 0.15) is 23.2 Å². The lowest BCUT2D eigenvalue weighted by atomic mass is 10.2. The molecule has 0 saturated heterocycles. The van der Waals surface area contributed by atoms with Gasteiger partial charge in [0.1, 0.15) is 0 Å². The number of benzene rings is 1. The predicted molar refractivity (Wildman–Crippen MR) is 74.7 cm³/mol. The highest BCUT2D eigenvalue weighted by molar-refractivity contribution is 6.33. The Kier molecular flexibility index (Phi) is 5.95. The number of carboxylic acid groups (broad SMARTS) is 1. The van der Waals surface area contributed by atoms with Crippen LogP contribution in [-0.4, -0.2) is 43.2 Å². The van der Waals surface area contributed by atoms with E-state index in [1.807, 2.05) is 0 Å². The summed E-state index contributed by atoms with van der Waals surface area (Å²) >= 11 is 6.00. The van der Waals surface area contributed by atoms with Gasteiger partial charge in [-0.15, -0.1) is 0 Å². The molecule has 1 rings (SSSR count). The Bertz CT molecular complexity index is 408. The van der Waals surface area contributed by atoms with Gasteiger partial charge in [0, 0.05) is 6.54 Å². The van der Waals surface area contributed by atoms with Crippen LogP contribution in [0.15, 0.2) is 18.2 Å². The molecule has 100 valence electrons. The van der Waals surface area contributed by atoms with Gasteiger partial charge in [0.05, 0.1) is 16.3 Å². The van der Waals surface area contributed by atoms with Crippen LogP contribution in [0.3, 0.4) is 0 Å². The van der Waals surface area contributed by atoms with Crippen molar-refractivity contribution in [2.45, 2.75) is 12.8 Å². The van der Waals surface area contributed by atoms with Gasteiger partial charge in [-0.1, -0.05) is 11.6 Å². The number of unbranched alkanes of at least 4 members (excludes halogenated alkanes) is 1. The molecule has 18 heavy (non-hydrogen) atoms. The molecule has 4 nitrogen and oxygen atoms in total. The summed E-state index contributed by atoms with van der Waals surface area (Å²) in [5.41, 5.74) is 0.990. The molecule has 0 fully saturated rings. The molecule has 0 radical (unpaired) electrons. The van der Waals surface area contributed by atoms with Crippen molar-refractivity contribution in [1.29, 1.82) is 0 Å². The van der Waals surface area contributed by atoms with Crippen LogP contribution in [-0.2, 0) is 0 Å². The van der Waals surface area contributed by atoms with Gasteiger partial charge >= 0.3 is 5.97 Å². The minimum absolute atomic E-state index is 0.207. The Labute approximate surface area is 113 Å². The zero-order valence-corrected chi connectivity index (χ0v) is 11.5. The van der Waals surface area contributed by atoms with Gasteiger partial charge < -0.3 is 15.3 Å². The molecule has 0 heterocycles. The first-order chi connectivity index (χ1) is 8.50. The molecule has 0 saturated carbocycles. The van der Waals surface area contributed by atoms with Crippen LogP contribution in [0.25, 0.3) is 0 Å². The smallest absolute Gasteiger partial charge is 0.335 e. The molecule has 0 spiro atoms. The Morgan fingerprint density at radius 1 is 1.39 bits per heavy atom. The Morgan fingerprint density at radius 2 is 2.11 bits per heavy atom. The second-order valence-electron chi connectivity index (χ2n) is 4.44. The van der Waals surface area contributed by atoms with Crippen LogP contribution in [0.4, 0.5) is 5.69 Å². The number of rotatable bonds is 7. The van der Waals surface area contributed by atoms with E-state index < -0.39 is 5.97 Å². The summed E-state index contributed by atoms with van der Waals surface area (Å²) in [5.74, 6) is -0.963. The molecule has 5 heteroatoms. The van der Waals surface area contributed by atoms with Gasteiger partial charge in [-0.05, 0) is 51.7 Å². The van der Waals surface area contributed by atoms with E-state index in [0.29, 0.717) is 5.02 Å². The summed E-state index contributed by atoms with van der Waals surface area (Å²) in [5, 5.41) is 12.5. The van der Waals surface area contributed by atoms with Crippen LogP contribution in [0.2, 0.25) is 5.02 Å². The van der Waals surface area contributed by atoms with Crippen molar-refractivity contribution >= 4 is 23.3 Å². The number of halogens is 1. The number of aromatic carboxylic acids is 1. The van der Waals surface area contributed by atoms with E-state index >= 15 is 0 Å². The number of carbonyl (C=O) groups is 1. The number of anilines is 1. The van der Waals surface area contributed by atoms with E-state index in [2.05, 4.69) is 24.3 Å². The summed E-state index contributed by atoms with van der Waals surface area (Å²) in [6, 6.07) is 4.72. The van der Waals surface area contributed by atoms with Crippen molar-refractivity contribution in [3.8, 4) is 0 Å². The van der Waals surface area contributed by atoms with Crippen molar-refractivity contribution in [2.75, 3.05) is 32.5 Å². The number of hydrogen-bond acceptors (Lipinski definition) is 3. The maximum atomic E-state index is 10.7. The molecule has 0 amide bonds. The molecule has 1 aromatic carbocycles. The number of nitrogens with zero attached hydrogens (tertiary/aromatic N) is 1. The Balaban J connectivity index is 2.41. The average molecular weight is 271 g/mol. The first-order valence-corrected chi connectivity index (χ1v) is 6.30. The first-order valence-electron chi connectivity index (χ1n) is 5.92. The fourth-order valence-corrected chi connectivity index (χ4v) is 1.81. The first kappa shape index (κ1) is 14.8. The Hall–Kier alpha value is -1.26. The molecule has 0 atom stereocenters. The Morgan fingerprint density at radius 3 is 2.67 bits per heavy atom. The normalized spacial score (nSPS) is 10.7. The fourth-order valence-electron chi connectivity index (χ4n) is 1.57. The quantitative estimate of drug-likeness (QED) is 0.748. The van der Waals surface area contributed by atoms with Crippen molar-refractivity contribution in [3.63, 3.8) is 0 Å². The van der Waals surface area contributed by atoms with Crippen molar-refractivity contribution < 1.29 is 9.90 Å². The summed E-state index contributed by atoms with van der Waals surface area (Å²) in [7, 11) is 4.10. The van der Waals surface area contributed by atoms with Crippen molar-refractivity contribution in [2.24, 2.45) is 0 Å². The third-order valence-electron chi connectivity index (χ3n) is 2.56.